The van der Waals surface area contributed by atoms with Gasteiger partial charge in [0.2, 0.25) is 0 Å². The van der Waals surface area contributed by atoms with Crippen molar-refractivity contribution in [3.05, 3.63) is 64.7 Å². The van der Waals surface area contributed by atoms with Gasteiger partial charge in [0.15, 0.2) is 0 Å². The molecule has 0 bridgehead atoms. The third kappa shape index (κ3) is 5.38. The Morgan fingerprint density at radius 3 is 2.26 bits per heavy atom. The van der Waals surface area contributed by atoms with Crippen molar-refractivity contribution in [1.82, 2.24) is 0 Å². The zero-order chi connectivity index (χ0) is 34.1. The molecule has 10 atom stereocenters. The Hall–Kier alpha value is -2.96. The van der Waals surface area contributed by atoms with Gasteiger partial charge in [0.05, 0.1) is 12.2 Å². The lowest BCUT2D eigenvalue weighted by molar-refractivity contribution is -0.234. The quantitative estimate of drug-likeness (QED) is 0.216. The molecule has 6 heteroatoms. The summed E-state index contributed by atoms with van der Waals surface area (Å²) in [5.41, 5.74) is 3.61. The summed E-state index contributed by atoms with van der Waals surface area (Å²) in [5.74, 6) is -1.08. The van der Waals surface area contributed by atoms with Crippen LogP contribution in [0.1, 0.15) is 105 Å². The highest BCUT2D eigenvalue weighted by Gasteiger charge is 2.70. The second-order valence-corrected chi connectivity index (χ2v) is 16.4. The number of aliphatic hydroxyl groups is 2. The monoisotopic (exact) mass is 642 g/mol. The number of carboxylic acid groups (broad SMARTS) is 1. The van der Waals surface area contributed by atoms with Crippen molar-refractivity contribution in [3.63, 3.8) is 0 Å². The Balaban J connectivity index is 1.40. The number of esters is 1. The molecular weight excluding hydrogens is 588 g/mol. The first-order valence-corrected chi connectivity index (χ1v) is 17.8. The molecule has 0 saturated heterocycles. The topological polar surface area (TPSA) is 104 Å². The van der Waals surface area contributed by atoms with Crippen LogP contribution in [0.5, 0.6) is 0 Å². The van der Waals surface area contributed by atoms with Crippen LogP contribution in [-0.4, -0.2) is 45.6 Å². The third-order valence-corrected chi connectivity index (χ3v) is 13.9. The SMILES string of the molecule is CC(=O)O[C@H]1C[C@@]2(C)C(C[C@@H](O)[C@H]3[C@@]4(C)CC[C@@H](O)[C@@H](C)C4CC[C@@]32C)/C1=C(\CCC(=C(C)C)c1ccc2ccccc2c1)C(=O)O. The molecule has 0 aliphatic heterocycles. The minimum atomic E-state index is -0.972. The number of ether oxygens (including phenoxy) is 1. The first-order valence-electron chi connectivity index (χ1n) is 17.8. The molecule has 0 radical (unpaired) electrons. The summed E-state index contributed by atoms with van der Waals surface area (Å²) in [6.07, 6.45) is 3.79. The van der Waals surface area contributed by atoms with Crippen molar-refractivity contribution >= 4 is 28.3 Å². The van der Waals surface area contributed by atoms with E-state index in [0.29, 0.717) is 42.7 Å². The number of hydrogen-bond acceptors (Lipinski definition) is 5. The molecular formula is C41H54O6. The zero-order valence-electron chi connectivity index (χ0n) is 29.3. The highest BCUT2D eigenvalue weighted by atomic mass is 16.5. The number of carboxylic acids is 1. The van der Waals surface area contributed by atoms with Crippen molar-refractivity contribution in [1.29, 1.82) is 0 Å². The molecule has 2 aromatic carbocycles. The summed E-state index contributed by atoms with van der Waals surface area (Å²) < 4.78 is 6.04. The van der Waals surface area contributed by atoms with Crippen LogP contribution in [-0.2, 0) is 14.3 Å². The van der Waals surface area contributed by atoms with Gasteiger partial charge in [-0.15, -0.1) is 0 Å². The van der Waals surface area contributed by atoms with Gasteiger partial charge < -0.3 is 20.1 Å². The molecule has 0 amide bonds. The number of aliphatic carboxylic acids is 1. The van der Waals surface area contributed by atoms with E-state index in [1.54, 1.807) is 0 Å². The Morgan fingerprint density at radius 2 is 1.60 bits per heavy atom. The molecule has 3 N–H and O–H groups in total. The maximum Gasteiger partial charge on any atom is 0.331 e. The molecule has 6 nitrogen and oxygen atoms in total. The van der Waals surface area contributed by atoms with E-state index in [2.05, 4.69) is 71.9 Å². The molecule has 4 fully saturated rings. The Bertz CT molecular complexity index is 1630. The van der Waals surface area contributed by atoms with Crippen LogP contribution < -0.4 is 0 Å². The van der Waals surface area contributed by atoms with E-state index in [1.165, 1.54) is 6.92 Å². The van der Waals surface area contributed by atoms with Gasteiger partial charge in [-0.2, -0.15) is 0 Å². The average Bonchev–Trinajstić information content (AvgIpc) is 3.27. The van der Waals surface area contributed by atoms with Gasteiger partial charge >= 0.3 is 11.9 Å². The fourth-order valence-electron chi connectivity index (χ4n) is 11.6. The molecule has 4 saturated carbocycles. The van der Waals surface area contributed by atoms with E-state index in [9.17, 15) is 24.9 Å². The van der Waals surface area contributed by atoms with Crippen LogP contribution in [0.4, 0.5) is 0 Å². The first-order chi connectivity index (χ1) is 22.1. The maximum absolute atomic E-state index is 13.2. The van der Waals surface area contributed by atoms with Crippen LogP contribution in [0.25, 0.3) is 16.3 Å². The molecule has 4 aliphatic rings. The van der Waals surface area contributed by atoms with Gasteiger partial charge in [0.25, 0.3) is 0 Å². The lowest BCUT2D eigenvalue weighted by atomic mass is 9.36. The zero-order valence-corrected chi connectivity index (χ0v) is 29.3. The van der Waals surface area contributed by atoms with Gasteiger partial charge in [0.1, 0.15) is 6.10 Å². The molecule has 0 aromatic heterocycles. The summed E-state index contributed by atoms with van der Waals surface area (Å²) in [7, 11) is 0. The molecule has 6 rings (SSSR count). The maximum atomic E-state index is 13.2. The van der Waals surface area contributed by atoms with Crippen molar-refractivity contribution in [2.75, 3.05) is 0 Å². The van der Waals surface area contributed by atoms with E-state index in [0.717, 1.165) is 53.2 Å². The largest absolute Gasteiger partial charge is 0.478 e. The summed E-state index contributed by atoms with van der Waals surface area (Å²) >= 11 is 0. The summed E-state index contributed by atoms with van der Waals surface area (Å²) in [6.45, 7) is 14.7. The average molecular weight is 643 g/mol. The van der Waals surface area contributed by atoms with Gasteiger partial charge in [-0.05, 0) is 139 Å². The summed E-state index contributed by atoms with van der Waals surface area (Å²) in [4.78, 5) is 25.8. The number of benzene rings is 2. The van der Waals surface area contributed by atoms with Gasteiger partial charge in [-0.3, -0.25) is 4.79 Å². The van der Waals surface area contributed by atoms with E-state index >= 15 is 0 Å². The smallest absolute Gasteiger partial charge is 0.331 e. The minimum Gasteiger partial charge on any atom is -0.478 e. The van der Waals surface area contributed by atoms with E-state index in [4.69, 9.17) is 4.74 Å². The lowest BCUT2D eigenvalue weighted by Crippen LogP contribution is -2.65. The molecule has 0 spiro atoms. The van der Waals surface area contributed by atoms with Crippen LogP contribution in [0.3, 0.4) is 0 Å². The molecule has 0 heterocycles. The normalized spacial score (nSPS) is 39.0. The number of aliphatic hydroxyl groups excluding tert-OH is 2. The molecule has 254 valence electrons. The van der Waals surface area contributed by atoms with Crippen LogP contribution in [0.15, 0.2) is 59.2 Å². The third-order valence-electron chi connectivity index (χ3n) is 13.9. The second-order valence-electron chi connectivity index (χ2n) is 16.4. The number of hydrogen-bond donors (Lipinski definition) is 3. The Kier molecular flexibility index (Phi) is 8.79. The van der Waals surface area contributed by atoms with Gasteiger partial charge in [-0.25, -0.2) is 4.79 Å². The van der Waals surface area contributed by atoms with Crippen LogP contribution in [0.2, 0.25) is 0 Å². The van der Waals surface area contributed by atoms with Crippen molar-refractivity contribution < 1.29 is 29.6 Å². The second kappa shape index (κ2) is 12.2. The number of fused-ring (bicyclic) bond motifs is 6. The highest BCUT2D eigenvalue weighted by Crippen LogP contribution is 2.74. The standard InChI is InChI=1S/C41H54O6/c1-23(2)29(28-13-12-26-10-8-9-11-27(26)20-28)14-15-30(38(45)46)36-32-21-34(44)37-39(5)18-17-33(43)24(3)31(39)16-19-40(37,6)41(32,7)22-35(36)47-25(4)42/h8-13,20,24,31-35,37,43-44H,14-19,21-22H2,1-7H3,(H,45,46)/b36-30-/t24-,31?,32?,33+,34+,35-,37-,39-,40-,41-/m0/s1. The van der Waals surface area contributed by atoms with Crippen molar-refractivity contribution in [2.24, 2.45) is 39.9 Å². The molecule has 47 heavy (non-hydrogen) atoms. The number of carbonyl (C=O) groups is 2. The van der Waals surface area contributed by atoms with E-state index in [1.807, 2.05) is 12.1 Å². The predicted molar refractivity (Wildman–Crippen MR) is 185 cm³/mol. The highest BCUT2D eigenvalue weighted by molar-refractivity contribution is 5.90. The lowest BCUT2D eigenvalue weighted by Gasteiger charge is -2.69. The summed E-state index contributed by atoms with van der Waals surface area (Å²) in [6, 6.07) is 14.7. The Labute approximate surface area is 280 Å². The van der Waals surface area contributed by atoms with Crippen LogP contribution >= 0.6 is 0 Å². The van der Waals surface area contributed by atoms with Crippen molar-refractivity contribution in [2.45, 2.75) is 118 Å². The molecule has 2 aromatic rings. The number of allylic oxidation sites excluding steroid dienone is 2. The number of rotatable bonds is 6. The first kappa shape index (κ1) is 33.9. The Morgan fingerprint density at radius 1 is 0.894 bits per heavy atom. The molecule has 2 unspecified atom stereocenters. The van der Waals surface area contributed by atoms with Gasteiger partial charge in [-0.1, -0.05) is 69.7 Å². The van der Waals surface area contributed by atoms with Gasteiger partial charge in [0, 0.05) is 12.5 Å². The molecule has 4 aliphatic carbocycles. The van der Waals surface area contributed by atoms with E-state index < -0.39 is 24.1 Å². The fraction of sp³-hybridized carbons (Fsp3) is 0.610. The fourth-order valence-corrected chi connectivity index (χ4v) is 11.6. The summed E-state index contributed by atoms with van der Waals surface area (Å²) in [5, 5.41) is 36.1. The van der Waals surface area contributed by atoms with Crippen LogP contribution in [0, 0.1) is 39.9 Å². The number of carbonyl (C=O) groups excluding carboxylic acids is 1. The predicted octanol–water partition coefficient (Wildman–Crippen LogP) is 8.35. The van der Waals surface area contributed by atoms with Crippen molar-refractivity contribution in [3.8, 4) is 0 Å². The minimum absolute atomic E-state index is 0.0146. The van der Waals surface area contributed by atoms with E-state index in [-0.39, 0.29) is 40.1 Å².